The summed E-state index contributed by atoms with van der Waals surface area (Å²) in [6.45, 7) is 2.26. The van der Waals surface area contributed by atoms with E-state index in [9.17, 15) is 0 Å². The zero-order chi connectivity index (χ0) is 8.27. The van der Waals surface area contributed by atoms with Gasteiger partial charge in [-0.05, 0) is 6.42 Å². The molecule has 66 valence electrons. The Hall–Kier alpha value is -0.0800. The maximum Gasteiger partial charge on any atom is 0.0888 e. The molecule has 2 atom stereocenters. The highest BCUT2D eigenvalue weighted by Gasteiger charge is 2.36. The fourth-order valence-electron chi connectivity index (χ4n) is 1.56. The highest BCUT2D eigenvalue weighted by Crippen LogP contribution is 2.25. The van der Waals surface area contributed by atoms with Crippen molar-refractivity contribution in [1.82, 2.24) is 10.0 Å². The molecule has 0 amide bonds. The van der Waals surface area contributed by atoms with Gasteiger partial charge in [-0.3, -0.25) is 0 Å². The van der Waals surface area contributed by atoms with Crippen LogP contribution in [0.5, 0.6) is 0 Å². The number of hydrazine groups is 1. The Labute approximate surface area is 70.1 Å². The molecule has 1 aliphatic rings. The molecule has 1 saturated heterocycles. The lowest BCUT2D eigenvalue weighted by Crippen LogP contribution is -1.93. The first-order chi connectivity index (χ1) is 5.27. The number of hydrogen-bond donors (Lipinski definition) is 0. The molecule has 1 aliphatic heterocycles. The van der Waals surface area contributed by atoms with Gasteiger partial charge in [0, 0.05) is 14.1 Å². The summed E-state index contributed by atoms with van der Waals surface area (Å²) < 4.78 is 0. The standard InChI is InChI=1S/C9H20N2/c1-4-5-6-7-8-9-10(2)11(9)3/h9H,4-8H2,1-3H3. The van der Waals surface area contributed by atoms with Gasteiger partial charge in [0.25, 0.3) is 0 Å². The van der Waals surface area contributed by atoms with Crippen LogP contribution in [0.15, 0.2) is 0 Å². The van der Waals surface area contributed by atoms with Crippen molar-refractivity contribution in [1.29, 1.82) is 0 Å². The minimum Gasteiger partial charge on any atom is -0.225 e. The summed E-state index contributed by atoms with van der Waals surface area (Å²) in [5.74, 6) is 0. The van der Waals surface area contributed by atoms with Gasteiger partial charge in [0.1, 0.15) is 0 Å². The Kier molecular flexibility index (Phi) is 3.34. The average molecular weight is 156 g/mol. The second kappa shape index (κ2) is 4.07. The molecule has 1 fully saturated rings. The normalized spacial score (nSPS) is 35.7. The van der Waals surface area contributed by atoms with Crippen LogP contribution in [0.1, 0.15) is 39.0 Å². The summed E-state index contributed by atoms with van der Waals surface area (Å²) in [6.07, 6.45) is 7.66. The van der Waals surface area contributed by atoms with Crippen LogP contribution in [-0.4, -0.2) is 30.3 Å². The van der Waals surface area contributed by atoms with Crippen LogP contribution in [0, 0.1) is 0 Å². The predicted octanol–water partition coefficient (Wildman–Crippen LogP) is 2.08. The van der Waals surface area contributed by atoms with E-state index in [1.54, 1.807) is 0 Å². The van der Waals surface area contributed by atoms with Crippen LogP contribution in [0.25, 0.3) is 0 Å². The predicted molar refractivity (Wildman–Crippen MR) is 48.1 cm³/mol. The van der Waals surface area contributed by atoms with Gasteiger partial charge in [0.15, 0.2) is 0 Å². The van der Waals surface area contributed by atoms with Gasteiger partial charge >= 0.3 is 0 Å². The van der Waals surface area contributed by atoms with E-state index in [2.05, 4.69) is 31.0 Å². The quantitative estimate of drug-likeness (QED) is 0.444. The van der Waals surface area contributed by atoms with E-state index in [0.717, 1.165) is 6.17 Å². The summed E-state index contributed by atoms with van der Waals surface area (Å²) >= 11 is 0. The molecule has 0 N–H and O–H groups in total. The van der Waals surface area contributed by atoms with Gasteiger partial charge < -0.3 is 0 Å². The molecule has 0 spiro atoms. The third-order valence-corrected chi connectivity index (χ3v) is 2.62. The van der Waals surface area contributed by atoms with E-state index < -0.39 is 0 Å². The molecule has 11 heavy (non-hydrogen) atoms. The van der Waals surface area contributed by atoms with Crippen molar-refractivity contribution in [2.75, 3.05) is 14.1 Å². The van der Waals surface area contributed by atoms with Crippen LogP contribution in [0.3, 0.4) is 0 Å². The maximum atomic E-state index is 2.30. The number of unbranched alkanes of at least 4 members (excludes halogenated alkanes) is 3. The molecule has 0 aromatic heterocycles. The monoisotopic (exact) mass is 156 g/mol. The molecule has 0 aromatic rings. The smallest absolute Gasteiger partial charge is 0.0888 e. The van der Waals surface area contributed by atoms with Crippen molar-refractivity contribution in [2.24, 2.45) is 0 Å². The van der Waals surface area contributed by atoms with Crippen molar-refractivity contribution in [3.05, 3.63) is 0 Å². The van der Waals surface area contributed by atoms with Gasteiger partial charge in [-0.2, -0.15) is 0 Å². The van der Waals surface area contributed by atoms with Crippen LogP contribution >= 0.6 is 0 Å². The van der Waals surface area contributed by atoms with E-state index in [4.69, 9.17) is 0 Å². The molecule has 0 saturated carbocycles. The van der Waals surface area contributed by atoms with Crippen molar-refractivity contribution in [2.45, 2.75) is 45.2 Å². The second-order valence-electron chi connectivity index (χ2n) is 3.48. The van der Waals surface area contributed by atoms with E-state index >= 15 is 0 Å². The molecule has 0 radical (unpaired) electrons. The third-order valence-electron chi connectivity index (χ3n) is 2.62. The minimum atomic E-state index is 0.756. The Balaban J connectivity index is 1.89. The van der Waals surface area contributed by atoms with Crippen molar-refractivity contribution < 1.29 is 0 Å². The molecule has 2 nitrogen and oxygen atoms in total. The van der Waals surface area contributed by atoms with Gasteiger partial charge in [0.05, 0.1) is 6.17 Å². The second-order valence-corrected chi connectivity index (χ2v) is 3.48. The fraction of sp³-hybridized carbons (Fsp3) is 1.00. The first-order valence-electron chi connectivity index (χ1n) is 4.73. The molecule has 0 aliphatic carbocycles. The van der Waals surface area contributed by atoms with Gasteiger partial charge in [-0.25, -0.2) is 10.0 Å². The lowest BCUT2D eigenvalue weighted by Gasteiger charge is -1.95. The summed E-state index contributed by atoms with van der Waals surface area (Å²) in [5.41, 5.74) is 0. The Morgan fingerprint density at radius 2 is 1.64 bits per heavy atom. The lowest BCUT2D eigenvalue weighted by atomic mass is 10.1. The number of nitrogens with zero attached hydrogens (tertiary/aromatic N) is 2. The SMILES string of the molecule is CCCCCCC1N(C)N1C. The first kappa shape index (κ1) is 9.01. The van der Waals surface area contributed by atoms with E-state index in [0.29, 0.717) is 0 Å². The Morgan fingerprint density at radius 3 is 2.09 bits per heavy atom. The van der Waals surface area contributed by atoms with Crippen LogP contribution in [-0.2, 0) is 0 Å². The number of hydrogen-bond acceptors (Lipinski definition) is 2. The van der Waals surface area contributed by atoms with Crippen LogP contribution in [0.4, 0.5) is 0 Å². The summed E-state index contributed by atoms with van der Waals surface area (Å²) in [6, 6.07) is 0. The van der Waals surface area contributed by atoms with Gasteiger partial charge in [-0.1, -0.05) is 32.6 Å². The Morgan fingerprint density at radius 1 is 1.00 bits per heavy atom. The fourth-order valence-corrected chi connectivity index (χ4v) is 1.56. The summed E-state index contributed by atoms with van der Waals surface area (Å²) in [4.78, 5) is 0. The van der Waals surface area contributed by atoms with Crippen molar-refractivity contribution in [3.63, 3.8) is 0 Å². The summed E-state index contributed by atoms with van der Waals surface area (Å²) in [5, 5.41) is 4.60. The molecular weight excluding hydrogens is 136 g/mol. The topological polar surface area (TPSA) is 6.02 Å². The largest absolute Gasteiger partial charge is 0.225 e. The zero-order valence-corrected chi connectivity index (χ0v) is 8.01. The molecule has 1 heterocycles. The molecule has 0 bridgehead atoms. The molecule has 1 rings (SSSR count). The summed E-state index contributed by atoms with van der Waals surface area (Å²) in [7, 11) is 4.31. The zero-order valence-electron chi connectivity index (χ0n) is 8.01. The van der Waals surface area contributed by atoms with E-state index in [1.807, 2.05) is 0 Å². The van der Waals surface area contributed by atoms with Gasteiger partial charge in [0.2, 0.25) is 0 Å². The highest BCUT2D eigenvalue weighted by atomic mass is 15.8. The average Bonchev–Trinajstić information content (AvgIpc) is 2.55. The molecule has 0 aromatic carbocycles. The lowest BCUT2D eigenvalue weighted by molar-refractivity contribution is 0.412. The van der Waals surface area contributed by atoms with Crippen molar-refractivity contribution in [3.8, 4) is 0 Å². The first-order valence-corrected chi connectivity index (χ1v) is 4.73. The van der Waals surface area contributed by atoms with Crippen LogP contribution < -0.4 is 0 Å². The van der Waals surface area contributed by atoms with Crippen molar-refractivity contribution >= 4 is 0 Å². The highest BCUT2D eigenvalue weighted by molar-refractivity contribution is 4.76. The van der Waals surface area contributed by atoms with E-state index in [-0.39, 0.29) is 0 Å². The minimum absolute atomic E-state index is 0.756. The van der Waals surface area contributed by atoms with E-state index in [1.165, 1.54) is 32.1 Å². The van der Waals surface area contributed by atoms with Gasteiger partial charge in [-0.15, -0.1) is 0 Å². The molecule has 2 unspecified atom stereocenters. The third kappa shape index (κ3) is 2.46. The Bertz CT molecular complexity index is 106. The molecule has 2 heteroatoms. The molecular formula is C9H20N2. The maximum absolute atomic E-state index is 2.30. The van der Waals surface area contributed by atoms with Crippen LogP contribution in [0.2, 0.25) is 0 Å². The number of rotatable bonds is 5.